The number of pyridine rings is 1. The molecule has 2 rings (SSSR count). The highest BCUT2D eigenvalue weighted by Gasteiger charge is 2.52. The Morgan fingerprint density at radius 1 is 0.860 bits per heavy atom. The van der Waals surface area contributed by atoms with Crippen molar-refractivity contribution in [3.05, 3.63) is 74.7 Å². The number of nitro groups is 2. The maximum atomic E-state index is 11.8. The van der Waals surface area contributed by atoms with Gasteiger partial charge in [-0.2, -0.15) is 4.57 Å². The van der Waals surface area contributed by atoms with Crippen molar-refractivity contribution >= 4 is 16.0 Å². The first-order valence-corrected chi connectivity index (χ1v) is 16.8. The summed E-state index contributed by atoms with van der Waals surface area (Å²) in [6.45, 7) is 2.85. The van der Waals surface area contributed by atoms with Gasteiger partial charge < -0.3 is 9.87 Å². The number of hydrogen-bond acceptors (Lipinski definition) is 8. The first-order valence-electron chi connectivity index (χ1n) is 15.4. The summed E-state index contributed by atoms with van der Waals surface area (Å²) in [6, 6.07) is 5.93. The maximum Gasteiger partial charge on any atom is 0.336 e. The zero-order chi connectivity index (χ0) is 32.0. The van der Waals surface area contributed by atoms with E-state index in [4.69, 9.17) is 0 Å². The molecule has 0 radical (unpaired) electrons. The van der Waals surface area contributed by atoms with E-state index in [1.165, 1.54) is 89.9 Å². The molecule has 1 aliphatic rings. The van der Waals surface area contributed by atoms with Crippen molar-refractivity contribution in [3.63, 3.8) is 0 Å². The fourth-order valence-electron chi connectivity index (χ4n) is 4.67. The summed E-state index contributed by atoms with van der Waals surface area (Å²) in [4.78, 5) is 27.5. The van der Waals surface area contributed by atoms with Gasteiger partial charge >= 0.3 is 4.87 Å². The number of nitrogens with zero attached hydrogens (tertiary/aromatic N) is 3. The van der Waals surface area contributed by atoms with E-state index in [1.807, 2.05) is 35.2 Å². The third-order valence-electron chi connectivity index (χ3n) is 7.30. The molecule has 1 aromatic rings. The molecule has 1 amide bonds. The van der Waals surface area contributed by atoms with Crippen LogP contribution in [-0.2, 0) is 21.6 Å². The number of aromatic nitrogens is 1. The fourth-order valence-corrected chi connectivity index (χ4v) is 5.42. The molecule has 1 aromatic heterocycles. The topological polar surface area (TPSA) is 176 Å². The lowest BCUT2D eigenvalue weighted by atomic mass is 10.0. The molecule has 0 fully saturated rings. The van der Waals surface area contributed by atoms with Gasteiger partial charge in [0.1, 0.15) is 6.42 Å². The lowest BCUT2D eigenvalue weighted by molar-refractivity contribution is -0.700. The largest absolute Gasteiger partial charge is 0.742 e. The second-order valence-corrected chi connectivity index (χ2v) is 12.5. The average Bonchev–Trinajstić information content (AvgIpc) is 2.98. The molecule has 1 N–H and O–H groups in total. The number of rotatable bonds is 21. The highest BCUT2D eigenvalue weighted by molar-refractivity contribution is 7.87. The molecule has 0 spiro atoms. The van der Waals surface area contributed by atoms with Crippen LogP contribution in [-0.4, -0.2) is 33.6 Å². The van der Waals surface area contributed by atoms with Gasteiger partial charge in [0.2, 0.25) is 12.6 Å². The predicted molar refractivity (Wildman–Crippen MR) is 163 cm³/mol. The smallest absolute Gasteiger partial charge is 0.336 e. The van der Waals surface area contributed by atoms with E-state index < -0.39 is 37.0 Å². The SMILES string of the molecule is CCCCCCCCCCCCCCCCCC(=O)NC[n+]1ccccc1.O=[N+]([O-])C1=CC=CC([N+](=O)[O-])(S(=O)(=O)[O-])C1. The van der Waals surface area contributed by atoms with Gasteiger partial charge in [-0.25, -0.2) is 8.42 Å². The van der Waals surface area contributed by atoms with E-state index in [1.54, 1.807) is 0 Å². The number of carbonyl (C=O) groups excluding carboxylic acids is 1. The molecule has 0 bridgehead atoms. The predicted octanol–water partition coefficient (Wildman–Crippen LogP) is 5.93. The van der Waals surface area contributed by atoms with Gasteiger partial charge in [0, 0.05) is 35.6 Å². The molecule has 0 saturated heterocycles. The summed E-state index contributed by atoms with van der Waals surface area (Å²) < 4.78 is 34.4. The molecule has 1 aliphatic carbocycles. The van der Waals surface area contributed by atoms with Gasteiger partial charge in [-0.3, -0.25) is 25.0 Å². The number of amides is 1. The van der Waals surface area contributed by atoms with Crippen LogP contribution in [0.5, 0.6) is 0 Å². The molecular formula is C30H48N4O8S. The van der Waals surface area contributed by atoms with Crippen LogP contribution in [0.1, 0.15) is 116 Å². The number of unbranched alkanes of at least 4 members (excludes halogenated alkanes) is 14. The van der Waals surface area contributed by atoms with Gasteiger partial charge in [-0.1, -0.05) is 109 Å². The number of carbonyl (C=O) groups is 1. The normalized spacial score (nSPS) is 16.1. The van der Waals surface area contributed by atoms with Gasteiger partial charge in [-0.15, -0.1) is 0 Å². The molecule has 12 nitrogen and oxygen atoms in total. The zero-order valence-corrected chi connectivity index (χ0v) is 26.2. The number of allylic oxidation sites excluding steroid dienone is 2. The minimum absolute atomic E-state index is 0.168. The third kappa shape index (κ3) is 15.7. The van der Waals surface area contributed by atoms with Crippen molar-refractivity contribution in [3.8, 4) is 0 Å². The van der Waals surface area contributed by atoms with Crippen LogP contribution in [0.2, 0.25) is 0 Å². The van der Waals surface area contributed by atoms with Crippen LogP contribution in [0.25, 0.3) is 0 Å². The summed E-state index contributed by atoms with van der Waals surface area (Å²) in [5.41, 5.74) is -0.696. The number of hydrogen-bond donors (Lipinski definition) is 1. The molecule has 1 heterocycles. The van der Waals surface area contributed by atoms with Crippen LogP contribution < -0.4 is 9.88 Å². The minimum Gasteiger partial charge on any atom is -0.742 e. The van der Waals surface area contributed by atoms with Crippen LogP contribution in [0, 0.1) is 20.2 Å². The van der Waals surface area contributed by atoms with Crippen molar-refractivity contribution in [1.29, 1.82) is 0 Å². The summed E-state index contributed by atoms with van der Waals surface area (Å²) in [6.07, 6.45) is 26.1. The Morgan fingerprint density at radius 3 is 1.79 bits per heavy atom. The summed E-state index contributed by atoms with van der Waals surface area (Å²) in [7, 11) is -5.33. The van der Waals surface area contributed by atoms with Gasteiger partial charge in [0.25, 0.3) is 5.70 Å². The molecule has 242 valence electrons. The van der Waals surface area contributed by atoms with Crippen LogP contribution in [0.15, 0.2) is 54.5 Å². The molecule has 43 heavy (non-hydrogen) atoms. The van der Waals surface area contributed by atoms with Gasteiger partial charge in [-0.05, 0) is 6.42 Å². The van der Waals surface area contributed by atoms with Crippen LogP contribution >= 0.6 is 0 Å². The molecular weight excluding hydrogens is 576 g/mol. The van der Waals surface area contributed by atoms with Crippen molar-refractivity contribution in [2.75, 3.05) is 0 Å². The van der Waals surface area contributed by atoms with Gasteiger partial charge in [0.05, 0.1) is 4.92 Å². The molecule has 0 saturated carbocycles. The Hall–Kier alpha value is -3.19. The standard InChI is InChI=1S/C24H42N2O.C6H6N2O7S/c1-2-3-4-5-6-7-8-9-10-11-12-13-14-15-17-20-24(27)25-23-26-21-18-16-19-22-26;9-7(10)5-2-1-3-6(4-5,8(11)12)16(13,14)15/h16,18-19,21-22H,2-15,17,20,23H2,1H3;1-3H,4H2,(H,13,14,15). The lowest BCUT2D eigenvalue weighted by Gasteiger charge is -2.24. The zero-order valence-electron chi connectivity index (χ0n) is 25.4. The maximum absolute atomic E-state index is 11.8. The van der Waals surface area contributed by atoms with E-state index in [-0.39, 0.29) is 5.91 Å². The molecule has 1 unspecified atom stereocenters. The van der Waals surface area contributed by atoms with E-state index in [9.17, 15) is 38.0 Å². The highest BCUT2D eigenvalue weighted by atomic mass is 32.2. The number of nitrogens with one attached hydrogen (secondary N) is 1. The third-order valence-corrected chi connectivity index (χ3v) is 8.59. The van der Waals surface area contributed by atoms with Gasteiger partial charge in [0.15, 0.2) is 22.5 Å². The summed E-state index contributed by atoms with van der Waals surface area (Å²) in [5, 5.41) is 24.0. The average molecular weight is 625 g/mol. The molecule has 1 atom stereocenters. The Labute approximate surface area is 255 Å². The molecule has 0 aromatic carbocycles. The summed E-state index contributed by atoms with van der Waals surface area (Å²) in [5.74, 6) is 0.168. The second-order valence-electron chi connectivity index (χ2n) is 10.9. The fraction of sp³-hybridized carbons (Fsp3) is 0.667. The van der Waals surface area contributed by atoms with Crippen molar-refractivity contribution in [2.24, 2.45) is 0 Å². The van der Waals surface area contributed by atoms with Crippen molar-refractivity contribution < 1.29 is 32.2 Å². The van der Waals surface area contributed by atoms with E-state index >= 15 is 0 Å². The second kappa shape index (κ2) is 21.5. The Morgan fingerprint density at radius 2 is 1.35 bits per heavy atom. The first kappa shape index (κ1) is 37.8. The minimum atomic E-state index is -5.33. The van der Waals surface area contributed by atoms with E-state index in [2.05, 4.69) is 12.2 Å². The van der Waals surface area contributed by atoms with E-state index in [0.717, 1.165) is 18.6 Å². The lowest BCUT2D eigenvalue weighted by Crippen LogP contribution is -2.46. The monoisotopic (exact) mass is 624 g/mol. The summed E-state index contributed by atoms with van der Waals surface area (Å²) >= 11 is 0. The van der Waals surface area contributed by atoms with Crippen molar-refractivity contribution in [2.45, 2.75) is 128 Å². The first-order chi connectivity index (χ1) is 20.5. The molecule has 0 aliphatic heterocycles. The Kier molecular flexibility index (Phi) is 18.9. The Bertz CT molecular complexity index is 1140. The van der Waals surface area contributed by atoms with Crippen LogP contribution in [0.4, 0.5) is 0 Å². The molecule has 13 heteroatoms. The van der Waals surface area contributed by atoms with Crippen LogP contribution in [0.3, 0.4) is 0 Å². The Balaban J connectivity index is 0.000000490. The highest BCUT2D eigenvalue weighted by Crippen LogP contribution is 2.31. The van der Waals surface area contributed by atoms with E-state index in [0.29, 0.717) is 19.2 Å². The van der Waals surface area contributed by atoms with Crippen molar-refractivity contribution in [1.82, 2.24) is 5.32 Å². The quantitative estimate of drug-likeness (QED) is 0.0575.